The maximum atomic E-state index is 13.9. The van der Waals surface area contributed by atoms with Crippen LogP contribution in [0.4, 0.5) is 5.69 Å². The molecule has 4 aliphatic rings. The quantitative estimate of drug-likeness (QED) is 0.220. The van der Waals surface area contributed by atoms with Crippen LogP contribution in [0.3, 0.4) is 0 Å². The average Bonchev–Trinajstić information content (AvgIpc) is 3.30. The Morgan fingerprint density at radius 1 is 0.950 bits per heavy atom. The Labute approximate surface area is 249 Å². The minimum absolute atomic E-state index is 0.0605. The summed E-state index contributed by atoms with van der Waals surface area (Å²) < 4.78 is 5.50. The molecule has 8 nitrogen and oxygen atoms in total. The molecule has 2 aromatic rings. The lowest BCUT2D eigenvalue weighted by Gasteiger charge is -2.50. The van der Waals surface area contributed by atoms with Gasteiger partial charge in [0, 0.05) is 5.92 Å². The average molecular weight is 648 g/mol. The minimum atomic E-state index is -1.85. The van der Waals surface area contributed by atoms with Gasteiger partial charge in [0.1, 0.15) is 12.4 Å². The zero-order valence-electron chi connectivity index (χ0n) is 21.1. The summed E-state index contributed by atoms with van der Waals surface area (Å²) in [4.78, 5) is 53.5. The molecule has 2 aromatic carbocycles. The van der Waals surface area contributed by atoms with Gasteiger partial charge in [0.2, 0.25) is 11.8 Å². The third-order valence-electron chi connectivity index (χ3n) is 8.60. The van der Waals surface area contributed by atoms with Crippen molar-refractivity contribution < 1.29 is 29.0 Å². The molecule has 0 radical (unpaired) electrons. The molecule has 1 saturated carbocycles. The number of likely N-dealkylation sites (tertiary alicyclic amines) is 1. The topological polar surface area (TPSA) is 104 Å². The maximum absolute atomic E-state index is 13.9. The van der Waals surface area contributed by atoms with Crippen LogP contribution in [0.15, 0.2) is 66.2 Å². The number of nitrogens with zero attached hydrogens (tertiary/aromatic N) is 2. The molecule has 2 saturated heterocycles. The highest BCUT2D eigenvalue weighted by molar-refractivity contribution is 9.09. The second-order valence-corrected chi connectivity index (χ2v) is 12.2. The number of ether oxygens (including phenoxy) is 1. The number of hydrogen-bond donors (Lipinski definition) is 1. The van der Waals surface area contributed by atoms with Crippen molar-refractivity contribution in [2.24, 2.45) is 17.8 Å². The summed E-state index contributed by atoms with van der Waals surface area (Å²) in [5.74, 6) is -4.16. The molecule has 3 fully saturated rings. The summed E-state index contributed by atoms with van der Waals surface area (Å²) in [6.07, 6.45) is 2.14. The molecule has 6 atom stereocenters. The molecule has 0 unspecified atom stereocenters. The van der Waals surface area contributed by atoms with E-state index in [4.69, 9.17) is 33.0 Å². The van der Waals surface area contributed by atoms with Crippen LogP contribution in [0.5, 0.6) is 5.75 Å². The number of imide groups is 2. The van der Waals surface area contributed by atoms with Crippen molar-refractivity contribution in [3.63, 3.8) is 0 Å². The number of benzene rings is 2. The molecule has 4 amide bonds. The first-order valence-corrected chi connectivity index (χ1v) is 14.8. The van der Waals surface area contributed by atoms with Crippen LogP contribution in [-0.2, 0) is 19.2 Å². The molecule has 0 bridgehead atoms. The van der Waals surface area contributed by atoms with Gasteiger partial charge in [-0.15, -0.1) is 23.2 Å². The molecule has 6 rings (SSSR count). The highest BCUT2D eigenvalue weighted by atomic mass is 79.9. The number of fused-ring (bicyclic) bond motifs is 4. The second-order valence-electron chi connectivity index (χ2n) is 10.5. The van der Waals surface area contributed by atoms with E-state index in [1.807, 2.05) is 12.1 Å². The lowest BCUT2D eigenvalue weighted by Crippen LogP contribution is -2.60. The zero-order valence-corrected chi connectivity index (χ0v) is 24.2. The number of allylic oxidation sites excluding steroid dienone is 2. The van der Waals surface area contributed by atoms with Crippen LogP contribution in [0.2, 0.25) is 0 Å². The fourth-order valence-electron chi connectivity index (χ4n) is 6.88. The van der Waals surface area contributed by atoms with Crippen molar-refractivity contribution in [3.8, 4) is 5.75 Å². The Balaban J connectivity index is 1.48. The molecule has 2 aliphatic heterocycles. The van der Waals surface area contributed by atoms with Crippen LogP contribution < -0.4 is 9.64 Å². The number of aliphatic hydroxyl groups excluding tert-OH is 1. The Hall–Kier alpha value is -2.72. The van der Waals surface area contributed by atoms with Gasteiger partial charge >= 0.3 is 0 Å². The minimum Gasteiger partial charge on any atom is -0.491 e. The SMILES string of the molecule is O=C1[C@H]2[C@H](CC=C3[C@H]2C[C@@]2(Cl)C(=O)N(CBr)C(=O)[C@@]2(Cl)[C@H]3c2ccc(OCCO)cc2)C(=O)N1c1ccccc1. The van der Waals surface area contributed by atoms with Gasteiger partial charge in [-0.3, -0.25) is 29.0 Å². The molecule has 2 heterocycles. The largest absolute Gasteiger partial charge is 0.491 e. The van der Waals surface area contributed by atoms with Crippen molar-refractivity contribution >= 4 is 68.4 Å². The Kier molecular flexibility index (Phi) is 6.85. The van der Waals surface area contributed by atoms with Crippen molar-refractivity contribution in [1.29, 1.82) is 0 Å². The van der Waals surface area contributed by atoms with Gasteiger partial charge in [0.25, 0.3) is 11.8 Å². The highest BCUT2D eigenvalue weighted by Crippen LogP contribution is 2.65. The number of aliphatic hydroxyl groups is 1. The van der Waals surface area contributed by atoms with E-state index >= 15 is 0 Å². The molecule has 40 heavy (non-hydrogen) atoms. The van der Waals surface area contributed by atoms with E-state index in [1.165, 1.54) is 4.90 Å². The molecule has 0 aromatic heterocycles. The lowest BCUT2D eigenvalue weighted by atomic mass is 9.56. The fraction of sp³-hybridized carbons (Fsp3) is 0.379. The number of para-hydroxylation sites is 1. The van der Waals surface area contributed by atoms with Crippen LogP contribution in [-0.4, -0.2) is 62.1 Å². The molecular formula is C29H25BrCl2N2O6. The lowest BCUT2D eigenvalue weighted by molar-refractivity contribution is -0.138. The molecule has 11 heteroatoms. The van der Waals surface area contributed by atoms with Gasteiger partial charge < -0.3 is 9.84 Å². The number of anilines is 1. The summed E-state index contributed by atoms with van der Waals surface area (Å²) in [5.41, 5.74) is 1.76. The number of hydrogen-bond acceptors (Lipinski definition) is 6. The fourth-order valence-corrected chi connectivity index (χ4v) is 8.30. The second kappa shape index (κ2) is 9.98. The van der Waals surface area contributed by atoms with E-state index in [2.05, 4.69) is 15.9 Å². The first-order chi connectivity index (χ1) is 19.2. The van der Waals surface area contributed by atoms with E-state index in [0.717, 1.165) is 10.5 Å². The van der Waals surface area contributed by atoms with E-state index in [-0.39, 0.29) is 36.9 Å². The molecule has 2 aliphatic carbocycles. The number of rotatable bonds is 6. The first-order valence-electron chi connectivity index (χ1n) is 13.0. The predicted molar refractivity (Wildman–Crippen MR) is 151 cm³/mol. The number of carbonyl (C=O) groups excluding carboxylic acids is 4. The van der Waals surface area contributed by atoms with Gasteiger partial charge in [-0.2, -0.15) is 0 Å². The number of carbonyl (C=O) groups is 4. The zero-order chi connectivity index (χ0) is 28.4. The third kappa shape index (κ3) is 3.67. The summed E-state index contributed by atoms with van der Waals surface area (Å²) in [6.45, 7) is -0.0304. The first kappa shape index (κ1) is 27.4. The van der Waals surface area contributed by atoms with E-state index in [0.29, 0.717) is 23.4 Å². The van der Waals surface area contributed by atoms with E-state index in [9.17, 15) is 19.2 Å². The maximum Gasteiger partial charge on any atom is 0.254 e. The predicted octanol–water partition coefficient (Wildman–Crippen LogP) is 3.97. The van der Waals surface area contributed by atoms with Gasteiger partial charge in [-0.05, 0) is 48.6 Å². The van der Waals surface area contributed by atoms with Crippen LogP contribution >= 0.6 is 39.1 Å². The number of alkyl halides is 3. The summed E-state index contributed by atoms with van der Waals surface area (Å²) in [6, 6.07) is 15.7. The molecule has 1 N–H and O–H groups in total. The Morgan fingerprint density at radius 2 is 1.65 bits per heavy atom. The van der Waals surface area contributed by atoms with Crippen molar-refractivity contribution in [3.05, 3.63) is 71.8 Å². The molecular weight excluding hydrogens is 623 g/mol. The monoisotopic (exact) mass is 646 g/mol. The summed E-state index contributed by atoms with van der Waals surface area (Å²) >= 11 is 17.7. The smallest absolute Gasteiger partial charge is 0.254 e. The van der Waals surface area contributed by atoms with Gasteiger partial charge in [-0.1, -0.05) is 57.9 Å². The molecule has 0 spiro atoms. The standard InChI is InChI=1S/C29H25BrCl2N2O6/c30-15-33-26(38)28(31)14-21-19(10-11-20-22(21)25(37)34(24(20)36)17-4-2-1-3-5-17)23(29(28,32)27(33)39)16-6-8-18(9-7-16)40-13-12-35/h1-10,20-23,35H,11-15H2/t20-,21+,22-,23-,28+,29-/m0/s1. The number of amides is 4. The van der Waals surface area contributed by atoms with Gasteiger partial charge in [-0.25, -0.2) is 0 Å². The Bertz CT molecular complexity index is 1440. The summed E-state index contributed by atoms with van der Waals surface area (Å²) in [5, 5.41) is 9.09. The summed E-state index contributed by atoms with van der Waals surface area (Å²) in [7, 11) is 0. The van der Waals surface area contributed by atoms with E-state index < -0.39 is 45.2 Å². The van der Waals surface area contributed by atoms with Crippen LogP contribution in [0.25, 0.3) is 0 Å². The van der Waals surface area contributed by atoms with Gasteiger partial charge in [0.15, 0.2) is 9.75 Å². The van der Waals surface area contributed by atoms with Crippen LogP contribution in [0.1, 0.15) is 24.3 Å². The molecule has 208 valence electrons. The van der Waals surface area contributed by atoms with Crippen LogP contribution in [0, 0.1) is 17.8 Å². The van der Waals surface area contributed by atoms with Gasteiger partial charge in [0.05, 0.1) is 29.6 Å². The van der Waals surface area contributed by atoms with E-state index in [1.54, 1.807) is 48.5 Å². The normalized spacial score (nSPS) is 33.0. The third-order valence-corrected chi connectivity index (χ3v) is 10.5. The van der Waals surface area contributed by atoms with Crippen molar-refractivity contribution in [2.45, 2.75) is 28.5 Å². The van der Waals surface area contributed by atoms with Crippen molar-refractivity contribution in [1.82, 2.24) is 4.90 Å². The number of halogens is 3. The van der Waals surface area contributed by atoms with Crippen molar-refractivity contribution in [2.75, 3.05) is 23.6 Å². The Morgan fingerprint density at radius 3 is 2.30 bits per heavy atom. The highest BCUT2D eigenvalue weighted by Gasteiger charge is 2.76.